The maximum Gasteiger partial charge on any atom is 0.142 e. The molecule has 18 heavy (non-hydrogen) atoms. The Bertz CT molecular complexity index is 428. The summed E-state index contributed by atoms with van der Waals surface area (Å²) in [5.41, 5.74) is 6.47. The molecule has 3 N–H and O–H groups in total. The van der Waals surface area contributed by atoms with Gasteiger partial charge in [-0.1, -0.05) is 36.9 Å². The second-order valence-corrected chi connectivity index (χ2v) is 4.54. The van der Waals surface area contributed by atoms with Crippen LogP contribution < -0.4 is 11.1 Å². The highest BCUT2D eigenvalue weighted by Gasteiger charge is 2.15. The quantitative estimate of drug-likeness (QED) is 0.779. The van der Waals surface area contributed by atoms with Crippen molar-refractivity contribution in [2.24, 2.45) is 5.73 Å². The summed E-state index contributed by atoms with van der Waals surface area (Å²) >= 11 is 5.65. The molecule has 0 radical (unpaired) electrons. The zero-order valence-electron chi connectivity index (χ0n) is 10.4. The van der Waals surface area contributed by atoms with Crippen molar-refractivity contribution in [2.45, 2.75) is 31.8 Å². The number of rotatable bonds is 6. The molecule has 98 valence electrons. The Labute approximate surface area is 113 Å². The van der Waals surface area contributed by atoms with Gasteiger partial charge in [-0.05, 0) is 24.1 Å². The molecule has 2 unspecified atom stereocenters. The summed E-state index contributed by atoms with van der Waals surface area (Å²) in [6.07, 6.45) is 7.29. The largest absolute Gasteiger partial charge is 0.329 e. The van der Waals surface area contributed by atoms with Gasteiger partial charge in [-0.3, -0.25) is 5.32 Å². The Hall–Kier alpha value is -1.08. The van der Waals surface area contributed by atoms with E-state index in [1.807, 2.05) is 0 Å². The predicted octanol–water partition coefficient (Wildman–Crippen LogP) is 2.87. The predicted molar refractivity (Wildman–Crippen MR) is 73.9 cm³/mol. The Morgan fingerprint density at radius 1 is 1.56 bits per heavy atom. The summed E-state index contributed by atoms with van der Waals surface area (Å²) in [5, 5.41) is 3.35. The lowest BCUT2D eigenvalue weighted by atomic mass is 10.0. The zero-order chi connectivity index (χ0) is 13.5. The number of benzene rings is 1. The molecular weight excluding hydrogens is 251 g/mol. The summed E-state index contributed by atoms with van der Waals surface area (Å²) < 4.78 is 13.4. The van der Waals surface area contributed by atoms with Crippen LogP contribution >= 0.6 is 11.6 Å². The van der Waals surface area contributed by atoms with Gasteiger partial charge in [0.25, 0.3) is 0 Å². The number of nitrogens with two attached hydrogens (primary N) is 1. The van der Waals surface area contributed by atoms with Crippen LogP contribution in [0.2, 0.25) is 5.02 Å². The first kappa shape index (κ1) is 15.0. The van der Waals surface area contributed by atoms with Crippen LogP contribution in [0.5, 0.6) is 0 Å². The molecule has 0 heterocycles. The highest BCUT2D eigenvalue weighted by molar-refractivity contribution is 6.30. The lowest BCUT2D eigenvalue weighted by molar-refractivity contribution is 0.473. The summed E-state index contributed by atoms with van der Waals surface area (Å²) in [6.45, 7) is 2.41. The molecule has 1 rings (SSSR count). The van der Waals surface area contributed by atoms with Crippen molar-refractivity contribution in [2.75, 3.05) is 6.54 Å². The standard InChI is InChI=1S/C14H18ClFN2/c1-3-5-11(4-2)18-14(9-17)10-6-7-12(15)13(16)8-10/h2,6-8,11,14,18H,3,5,9,17H2,1H3. The first-order valence-electron chi connectivity index (χ1n) is 5.99. The molecule has 0 aliphatic carbocycles. The highest BCUT2D eigenvalue weighted by Crippen LogP contribution is 2.20. The van der Waals surface area contributed by atoms with E-state index in [9.17, 15) is 4.39 Å². The van der Waals surface area contributed by atoms with Gasteiger partial charge in [0, 0.05) is 12.6 Å². The molecule has 4 heteroatoms. The van der Waals surface area contributed by atoms with Crippen molar-refractivity contribution < 1.29 is 4.39 Å². The fourth-order valence-corrected chi connectivity index (χ4v) is 1.89. The minimum Gasteiger partial charge on any atom is -0.329 e. The average molecular weight is 269 g/mol. The highest BCUT2D eigenvalue weighted by atomic mass is 35.5. The Morgan fingerprint density at radius 3 is 2.78 bits per heavy atom. The van der Waals surface area contributed by atoms with E-state index >= 15 is 0 Å². The van der Waals surface area contributed by atoms with E-state index in [1.165, 1.54) is 12.1 Å². The van der Waals surface area contributed by atoms with E-state index in [1.54, 1.807) is 6.07 Å². The fraction of sp³-hybridized carbons (Fsp3) is 0.429. The molecule has 0 amide bonds. The van der Waals surface area contributed by atoms with Gasteiger partial charge in [0.05, 0.1) is 11.1 Å². The summed E-state index contributed by atoms with van der Waals surface area (Å²) in [6, 6.07) is 4.47. The second kappa shape index (κ2) is 7.38. The van der Waals surface area contributed by atoms with E-state index < -0.39 is 5.82 Å². The number of halogens is 2. The average Bonchev–Trinajstić information content (AvgIpc) is 2.38. The van der Waals surface area contributed by atoms with Gasteiger partial charge in [0.1, 0.15) is 5.82 Å². The number of hydrogen-bond donors (Lipinski definition) is 2. The number of hydrogen-bond acceptors (Lipinski definition) is 2. The molecule has 2 atom stereocenters. The van der Waals surface area contributed by atoms with Crippen LogP contribution in [-0.4, -0.2) is 12.6 Å². The summed E-state index contributed by atoms with van der Waals surface area (Å²) in [5.74, 6) is 2.23. The van der Waals surface area contributed by atoms with E-state index in [4.69, 9.17) is 23.8 Å². The summed E-state index contributed by atoms with van der Waals surface area (Å²) in [7, 11) is 0. The molecule has 0 fully saturated rings. The normalized spacial score (nSPS) is 13.9. The lowest BCUT2D eigenvalue weighted by Crippen LogP contribution is -2.35. The third kappa shape index (κ3) is 3.99. The maximum atomic E-state index is 13.4. The number of nitrogens with one attached hydrogen (secondary N) is 1. The van der Waals surface area contributed by atoms with E-state index in [2.05, 4.69) is 18.2 Å². The second-order valence-electron chi connectivity index (χ2n) is 4.14. The van der Waals surface area contributed by atoms with Gasteiger partial charge < -0.3 is 5.73 Å². The van der Waals surface area contributed by atoms with Crippen molar-refractivity contribution in [3.05, 3.63) is 34.6 Å². The van der Waals surface area contributed by atoms with Crippen LogP contribution in [0.25, 0.3) is 0 Å². The Balaban J connectivity index is 2.82. The number of terminal acetylenes is 1. The van der Waals surface area contributed by atoms with Crippen molar-refractivity contribution in [1.29, 1.82) is 0 Å². The zero-order valence-corrected chi connectivity index (χ0v) is 11.2. The van der Waals surface area contributed by atoms with Gasteiger partial charge in [0.2, 0.25) is 0 Å². The minimum absolute atomic E-state index is 0.0534. The van der Waals surface area contributed by atoms with Gasteiger partial charge >= 0.3 is 0 Å². The fourth-order valence-electron chi connectivity index (χ4n) is 1.78. The van der Waals surface area contributed by atoms with E-state index in [-0.39, 0.29) is 17.1 Å². The SMILES string of the molecule is C#CC(CCC)NC(CN)c1ccc(Cl)c(F)c1. The molecule has 0 aromatic heterocycles. The van der Waals surface area contributed by atoms with Crippen molar-refractivity contribution >= 4 is 11.6 Å². The van der Waals surface area contributed by atoms with Crippen LogP contribution in [0.15, 0.2) is 18.2 Å². The molecule has 0 bridgehead atoms. The molecule has 0 spiro atoms. The van der Waals surface area contributed by atoms with Crippen molar-refractivity contribution in [3.8, 4) is 12.3 Å². The van der Waals surface area contributed by atoms with Crippen LogP contribution in [0.1, 0.15) is 31.4 Å². The third-order valence-corrected chi connectivity index (χ3v) is 3.07. The van der Waals surface area contributed by atoms with Gasteiger partial charge in [-0.15, -0.1) is 6.42 Å². The minimum atomic E-state index is -0.442. The first-order chi connectivity index (χ1) is 8.62. The molecule has 2 nitrogen and oxygen atoms in total. The van der Waals surface area contributed by atoms with Crippen molar-refractivity contribution in [3.63, 3.8) is 0 Å². The first-order valence-corrected chi connectivity index (χ1v) is 6.37. The molecule has 1 aromatic rings. The summed E-state index contributed by atoms with van der Waals surface area (Å²) in [4.78, 5) is 0. The van der Waals surface area contributed by atoms with E-state index in [0.717, 1.165) is 18.4 Å². The maximum absolute atomic E-state index is 13.4. The van der Waals surface area contributed by atoms with Crippen molar-refractivity contribution in [1.82, 2.24) is 5.32 Å². The third-order valence-electron chi connectivity index (χ3n) is 2.76. The molecule has 0 aliphatic rings. The van der Waals surface area contributed by atoms with Gasteiger partial charge in [0.15, 0.2) is 0 Å². The van der Waals surface area contributed by atoms with Crippen LogP contribution in [-0.2, 0) is 0 Å². The molecule has 0 saturated heterocycles. The lowest BCUT2D eigenvalue weighted by Gasteiger charge is -2.21. The molecule has 0 saturated carbocycles. The van der Waals surface area contributed by atoms with E-state index in [0.29, 0.717) is 6.54 Å². The van der Waals surface area contributed by atoms with Gasteiger partial charge in [-0.2, -0.15) is 0 Å². The Kier molecular flexibility index (Phi) is 6.14. The molecular formula is C14H18ClFN2. The monoisotopic (exact) mass is 268 g/mol. The van der Waals surface area contributed by atoms with Gasteiger partial charge in [-0.25, -0.2) is 4.39 Å². The smallest absolute Gasteiger partial charge is 0.142 e. The van der Waals surface area contributed by atoms with Crippen LogP contribution in [0, 0.1) is 18.2 Å². The van der Waals surface area contributed by atoms with Crippen LogP contribution in [0.3, 0.4) is 0 Å². The van der Waals surface area contributed by atoms with Crippen LogP contribution in [0.4, 0.5) is 4.39 Å². The Morgan fingerprint density at radius 2 is 2.28 bits per heavy atom. The molecule has 1 aromatic carbocycles. The topological polar surface area (TPSA) is 38.0 Å². The molecule has 0 aliphatic heterocycles.